The van der Waals surface area contributed by atoms with Crippen LogP contribution in [-0.4, -0.2) is 24.9 Å². The van der Waals surface area contributed by atoms with Gasteiger partial charge in [0.05, 0.1) is 0 Å². The van der Waals surface area contributed by atoms with Crippen LogP contribution in [0.5, 0.6) is 0 Å². The molecule has 1 aliphatic rings. The molecule has 1 fully saturated rings. The normalized spacial score (nSPS) is 14.3. The van der Waals surface area contributed by atoms with Gasteiger partial charge < -0.3 is 9.41 Å². The van der Waals surface area contributed by atoms with Crippen molar-refractivity contribution in [3.8, 4) is 0 Å². The minimum absolute atomic E-state index is 0.0833. The highest BCUT2D eigenvalue weighted by Gasteiger charge is 2.44. The topological polar surface area (TPSA) is 40.0 Å². The number of hydrogen-bond acceptors (Lipinski definition) is 2. The van der Waals surface area contributed by atoms with Gasteiger partial charge in [0.2, 0.25) is 5.54 Å². The summed E-state index contributed by atoms with van der Waals surface area (Å²) in [6.07, 6.45) is 9.38. The Morgan fingerprint density at radius 1 is 1.22 bits per heavy atom. The Bertz CT molecular complexity index is 428. The van der Waals surface area contributed by atoms with Gasteiger partial charge in [0, 0.05) is 46.3 Å². The fourth-order valence-corrected chi connectivity index (χ4v) is 0.981. The minimum atomic E-state index is 0.0833. The first-order valence-electron chi connectivity index (χ1n) is 5.80. The van der Waals surface area contributed by atoms with Gasteiger partial charge >= 0.3 is 0 Å². The van der Waals surface area contributed by atoms with Crippen molar-refractivity contribution in [2.45, 2.75) is 25.3 Å². The van der Waals surface area contributed by atoms with Crippen LogP contribution in [0.4, 0.5) is 0 Å². The Hall–Kier alpha value is -2.09. The molecule has 3 rings (SSSR count). The van der Waals surface area contributed by atoms with Crippen LogP contribution < -0.4 is 0 Å². The lowest BCUT2D eigenvalue weighted by molar-refractivity contribution is 0.765. The fraction of sp³-hybridized carbons (Fsp3) is 0.462. The zero-order chi connectivity index (χ0) is 13.4. The third-order valence-corrected chi connectivity index (χ3v) is 2.53. The van der Waals surface area contributed by atoms with Gasteiger partial charge in [0.15, 0.2) is 0 Å². The lowest BCUT2D eigenvalue weighted by atomic mass is 10.4. The monoisotopic (exact) mass is 245 g/mol. The second kappa shape index (κ2) is 6.60. The van der Waals surface area contributed by atoms with Gasteiger partial charge in [0.25, 0.3) is 0 Å². The number of aromatic nitrogens is 4. The Morgan fingerprint density at radius 3 is 1.94 bits per heavy atom. The maximum atomic E-state index is 6.54. The van der Waals surface area contributed by atoms with Crippen LogP contribution in [-0.2, 0) is 14.1 Å². The first-order valence-corrected chi connectivity index (χ1v) is 5.80. The van der Waals surface area contributed by atoms with E-state index in [1.54, 1.807) is 11.0 Å². The molecule has 1 aliphatic carbocycles. The molecule has 0 atom stereocenters. The van der Waals surface area contributed by atoms with Crippen molar-refractivity contribution in [3.63, 3.8) is 0 Å². The van der Waals surface area contributed by atoms with Crippen molar-refractivity contribution in [2.75, 3.05) is 0 Å². The molecule has 0 N–H and O–H groups in total. The molecule has 0 spiro atoms. The van der Waals surface area contributed by atoms with Crippen molar-refractivity contribution in [1.29, 1.82) is 0 Å². The molecular weight excluding hydrogens is 226 g/mol. The van der Waals surface area contributed by atoms with Crippen molar-refractivity contribution in [1.82, 2.24) is 19.3 Å². The standard InChI is InChI=1S/2C5H7N.C3H5N3/c1-5(6-2)3-4-5;1-6-4-2-3-5-6;1-6-3-4-2-5-6/h3-4H2,1H3;2-5H,1H3;2-3H,1H3. The molecule has 5 nitrogen and oxygen atoms in total. The first-order chi connectivity index (χ1) is 8.56. The van der Waals surface area contributed by atoms with E-state index in [9.17, 15) is 0 Å². The third-order valence-electron chi connectivity index (χ3n) is 2.53. The Kier molecular flexibility index (Phi) is 5.12. The number of rotatable bonds is 0. The van der Waals surface area contributed by atoms with Crippen LogP contribution in [0.1, 0.15) is 19.8 Å². The summed E-state index contributed by atoms with van der Waals surface area (Å²) in [5.74, 6) is 0. The number of hydrogen-bond donors (Lipinski definition) is 0. The van der Waals surface area contributed by atoms with E-state index in [0.29, 0.717) is 0 Å². The molecule has 0 aliphatic heterocycles. The second-order valence-electron chi connectivity index (χ2n) is 4.53. The molecule has 1 saturated carbocycles. The van der Waals surface area contributed by atoms with E-state index in [-0.39, 0.29) is 5.54 Å². The summed E-state index contributed by atoms with van der Waals surface area (Å²) in [6.45, 7) is 8.54. The molecule has 0 saturated heterocycles. The van der Waals surface area contributed by atoms with Gasteiger partial charge in [0.1, 0.15) is 12.7 Å². The Labute approximate surface area is 108 Å². The van der Waals surface area contributed by atoms with Gasteiger partial charge in [-0.25, -0.2) is 11.6 Å². The first kappa shape index (κ1) is 14.0. The minimum Gasteiger partial charge on any atom is -0.357 e. The fourth-order valence-electron chi connectivity index (χ4n) is 0.981. The average molecular weight is 245 g/mol. The van der Waals surface area contributed by atoms with E-state index in [0.717, 1.165) is 12.8 Å². The van der Waals surface area contributed by atoms with Crippen LogP contribution in [0.25, 0.3) is 4.85 Å². The van der Waals surface area contributed by atoms with Crippen molar-refractivity contribution in [3.05, 3.63) is 48.6 Å². The van der Waals surface area contributed by atoms with Crippen molar-refractivity contribution < 1.29 is 0 Å². The molecule has 0 aromatic carbocycles. The van der Waals surface area contributed by atoms with Crippen LogP contribution in [0.15, 0.2) is 37.2 Å². The van der Waals surface area contributed by atoms with Crippen molar-refractivity contribution in [2.24, 2.45) is 14.1 Å². The second-order valence-corrected chi connectivity index (χ2v) is 4.53. The highest BCUT2D eigenvalue weighted by molar-refractivity contribution is 5.06. The summed E-state index contributed by atoms with van der Waals surface area (Å²) in [5.41, 5.74) is 0.0833. The molecule has 0 unspecified atom stereocenters. The van der Waals surface area contributed by atoms with Crippen LogP contribution in [0, 0.1) is 6.57 Å². The van der Waals surface area contributed by atoms with E-state index < -0.39 is 0 Å². The predicted molar refractivity (Wildman–Crippen MR) is 70.7 cm³/mol. The molecule has 2 aromatic heterocycles. The lowest BCUT2D eigenvalue weighted by Crippen LogP contribution is -1.87. The summed E-state index contributed by atoms with van der Waals surface area (Å²) in [6, 6.07) is 4.00. The summed E-state index contributed by atoms with van der Waals surface area (Å²) < 4.78 is 3.64. The van der Waals surface area contributed by atoms with E-state index >= 15 is 0 Å². The summed E-state index contributed by atoms with van der Waals surface area (Å²) >= 11 is 0. The van der Waals surface area contributed by atoms with Gasteiger partial charge in [-0.1, -0.05) is 0 Å². The molecule has 0 amide bonds. The maximum absolute atomic E-state index is 6.54. The molecule has 2 aromatic rings. The largest absolute Gasteiger partial charge is 0.357 e. The van der Waals surface area contributed by atoms with Gasteiger partial charge in [-0.2, -0.15) is 5.10 Å². The van der Waals surface area contributed by atoms with E-state index in [2.05, 4.69) is 14.9 Å². The Balaban J connectivity index is 0.000000135. The molecule has 5 heteroatoms. The quantitative estimate of drug-likeness (QED) is 0.668. The van der Waals surface area contributed by atoms with Crippen LogP contribution in [0.3, 0.4) is 0 Å². The van der Waals surface area contributed by atoms with Gasteiger partial charge in [-0.05, 0) is 12.1 Å². The number of aryl methyl sites for hydroxylation is 2. The zero-order valence-corrected chi connectivity index (χ0v) is 11.1. The predicted octanol–water partition coefficient (Wildman–Crippen LogP) is 2.30. The zero-order valence-electron chi connectivity index (χ0n) is 11.1. The molecule has 0 radical (unpaired) electrons. The van der Waals surface area contributed by atoms with E-state index in [4.69, 9.17) is 6.57 Å². The summed E-state index contributed by atoms with van der Waals surface area (Å²) in [4.78, 5) is 7.06. The van der Waals surface area contributed by atoms with Gasteiger partial charge in [-0.15, -0.1) is 0 Å². The lowest BCUT2D eigenvalue weighted by Gasteiger charge is -1.80. The van der Waals surface area contributed by atoms with Crippen molar-refractivity contribution >= 4 is 0 Å². The molecule has 2 heterocycles. The highest BCUT2D eigenvalue weighted by atomic mass is 15.3. The number of nitrogens with zero attached hydrogens (tertiary/aromatic N) is 5. The van der Waals surface area contributed by atoms with E-state index in [1.807, 2.05) is 50.1 Å². The molecule has 0 bridgehead atoms. The molecule has 18 heavy (non-hydrogen) atoms. The van der Waals surface area contributed by atoms with Gasteiger partial charge in [-0.3, -0.25) is 4.68 Å². The average Bonchev–Trinajstić information content (AvgIpc) is 2.75. The SMILES string of the molecule is Cn1cccc1.Cn1cncn1.[C-]#[N+]C1(C)CC1. The molecule has 96 valence electrons. The van der Waals surface area contributed by atoms with E-state index in [1.165, 1.54) is 6.33 Å². The van der Waals surface area contributed by atoms with Crippen LogP contribution >= 0.6 is 0 Å². The smallest absolute Gasteiger partial charge is 0.230 e. The highest BCUT2D eigenvalue weighted by Crippen LogP contribution is 2.38. The Morgan fingerprint density at radius 2 is 1.83 bits per heavy atom. The summed E-state index contributed by atoms with van der Waals surface area (Å²) in [5, 5.41) is 3.72. The molecular formula is C13H19N5. The maximum Gasteiger partial charge on any atom is 0.230 e. The summed E-state index contributed by atoms with van der Waals surface area (Å²) in [7, 11) is 3.83. The van der Waals surface area contributed by atoms with Crippen LogP contribution in [0.2, 0.25) is 0 Å². The third kappa shape index (κ3) is 5.85.